The lowest BCUT2D eigenvalue weighted by molar-refractivity contribution is 0.581. The molecule has 0 radical (unpaired) electrons. The van der Waals surface area contributed by atoms with Gasteiger partial charge in [-0.3, -0.25) is 0 Å². The second-order valence-corrected chi connectivity index (χ2v) is 6.73. The molecule has 0 aromatic rings. The Morgan fingerprint density at radius 1 is 1.50 bits per heavy atom. The first kappa shape index (κ1) is 8.71. The van der Waals surface area contributed by atoms with Crippen LogP contribution in [0.25, 0.3) is 0 Å². The summed E-state index contributed by atoms with van der Waals surface area (Å²) >= 11 is 3.28. The van der Waals surface area contributed by atoms with Gasteiger partial charge in [-0.1, -0.05) is 15.9 Å². The fraction of sp³-hybridized carbons (Fsp3) is 1.00. The first-order valence-electron chi connectivity index (χ1n) is 2.66. The monoisotopic (exact) mass is 198 g/mol. The SMILES string of the molecule is CP(C)(=O)CCCBr. The smallest absolute Gasteiger partial charge is 0.0819 e. The number of hydrogen-bond donors (Lipinski definition) is 0. The lowest BCUT2D eigenvalue weighted by Crippen LogP contribution is -1.85. The van der Waals surface area contributed by atoms with Crippen molar-refractivity contribution in [2.45, 2.75) is 6.42 Å². The van der Waals surface area contributed by atoms with Crippen molar-refractivity contribution in [3.63, 3.8) is 0 Å². The molecular weight excluding hydrogens is 187 g/mol. The summed E-state index contributed by atoms with van der Waals surface area (Å²) in [5.41, 5.74) is 0. The third kappa shape index (κ3) is 6.71. The Balaban J connectivity index is 3.26. The molecule has 0 bridgehead atoms. The van der Waals surface area contributed by atoms with E-state index in [1.165, 1.54) is 0 Å². The Bertz CT molecular complexity index is 96.6. The molecule has 50 valence electrons. The zero-order valence-corrected chi connectivity index (χ0v) is 7.84. The minimum atomic E-state index is -1.71. The third-order valence-electron chi connectivity index (χ3n) is 0.830. The highest BCUT2D eigenvalue weighted by Gasteiger charge is 2.03. The van der Waals surface area contributed by atoms with E-state index in [4.69, 9.17) is 0 Å². The van der Waals surface area contributed by atoms with Gasteiger partial charge in [0, 0.05) is 11.5 Å². The van der Waals surface area contributed by atoms with Crippen molar-refractivity contribution < 1.29 is 4.57 Å². The van der Waals surface area contributed by atoms with Crippen LogP contribution in [0.15, 0.2) is 0 Å². The van der Waals surface area contributed by atoms with Gasteiger partial charge in [0.25, 0.3) is 0 Å². The predicted molar refractivity (Wildman–Crippen MR) is 42.7 cm³/mol. The van der Waals surface area contributed by atoms with Gasteiger partial charge in [-0.25, -0.2) is 0 Å². The minimum Gasteiger partial charge on any atom is -0.324 e. The van der Waals surface area contributed by atoms with Gasteiger partial charge in [-0.15, -0.1) is 0 Å². The average Bonchev–Trinajstić information content (AvgIpc) is 1.59. The van der Waals surface area contributed by atoms with Crippen LogP contribution < -0.4 is 0 Å². The zero-order valence-electron chi connectivity index (χ0n) is 5.35. The molecule has 0 saturated heterocycles. The summed E-state index contributed by atoms with van der Waals surface area (Å²) in [5.74, 6) is 0. The molecule has 0 fully saturated rings. The van der Waals surface area contributed by atoms with Gasteiger partial charge in [0.15, 0.2) is 0 Å². The van der Waals surface area contributed by atoms with Gasteiger partial charge < -0.3 is 4.57 Å². The molecule has 0 heterocycles. The summed E-state index contributed by atoms with van der Waals surface area (Å²) < 4.78 is 11.0. The summed E-state index contributed by atoms with van der Waals surface area (Å²) in [6, 6.07) is 0. The Hall–Kier alpha value is 0.710. The quantitative estimate of drug-likeness (QED) is 0.503. The molecule has 0 aromatic heterocycles. The summed E-state index contributed by atoms with van der Waals surface area (Å²) in [6.07, 6.45) is 1.91. The van der Waals surface area contributed by atoms with Crippen LogP contribution in [0, 0.1) is 0 Å². The van der Waals surface area contributed by atoms with E-state index < -0.39 is 7.14 Å². The van der Waals surface area contributed by atoms with E-state index in [0.717, 1.165) is 17.9 Å². The van der Waals surface area contributed by atoms with Gasteiger partial charge >= 0.3 is 0 Å². The van der Waals surface area contributed by atoms with Crippen molar-refractivity contribution in [3.8, 4) is 0 Å². The predicted octanol–water partition coefficient (Wildman–Crippen LogP) is 2.39. The molecule has 0 saturated carbocycles. The van der Waals surface area contributed by atoms with E-state index in [2.05, 4.69) is 15.9 Å². The first-order valence-corrected chi connectivity index (χ1v) is 6.57. The molecule has 0 amide bonds. The van der Waals surface area contributed by atoms with Crippen LogP contribution in [0.2, 0.25) is 0 Å². The lowest BCUT2D eigenvalue weighted by Gasteiger charge is -2.01. The van der Waals surface area contributed by atoms with Crippen molar-refractivity contribution >= 4 is 23.1 Å². The highest BCUT2D eigenvalue weighted by Crippen LogP contribution is 2.36. The topological polar surface area (TPSA) is 17.1 Å². The minimum absolute atomic E-state index is 0.873. The summed E-state index contributed by atoms with van der Waals surface area (Å²) in [4.78, 5) is 0. The normalized spacial score (nSPS) is 11.9. The van der Waals surface area contributed by atoms with Crippen LogP contribution >= 0.6 is 23.1 Å². The maximum absolute atomic E-state index is 11.0. The van der Waals surface area contributed by atoms with Crippen LogP contribution in [0.5, 0.6) is 0 Å². The standard InChI is InChI=1S/C5H12BrOP/c1-8(2,7)5-3-4-6/h3-5H2,1-2H3. The molecular formula is C5H12BrOP. The van der Waals surface area contributed by atoms with Gasteiger partial charge in [0.2, 0.25) is 0 Å². The largest absolute Gasteiger partial charge is 0.324 e. The molecule has 0 aliphatic carbocycles. The number of rotatable bonds is 3. The molecule has 0 aliphatic rings. The van der Waals surface area contributed by atoms with E-state index >= 15 is 0 Å². The first-order chi connectivity index (χ1) is 3.56. The number of hydrogen-bond acceptors (Lipinski definition) is 1. The highest BCUT2D eigenvalue weighted by molar-refractivity contribution is 9.09. The molecule has 1 nitrogen and oxygen atoms in total. The second kappa shape index (κ2) is 3.68. The fourth-order valence-electron chi connectivity index (χ4n) is 0.441. The van der Waals surface area contributed by atoms with E-state index in [9.17, 15) is 4.57 Å². The van der Waals surface area contributed by atoms with Gasteiger partial charge in [-0.05, 0) is 19.8 Å². The van der Waals surface area contributed by atoms with Crippen molar-refractivity contribution in [2.24, 2.45) is 0 Å². The molecule has 0 aromatic carbocycles. The van der Waals surface area contributed by atoms with Crippen LogP contribution in [-0.2, 0) is 4.57 Å². The molecule has 0 spiro atoms. The zero-order chi connectivity index (χ0) is 6.62. The molecule has 0 rings (SSSR count). The maximum atomic E-state index is 11.0. The van der Waals surface area contributed by atoms with Crippen LogP contribution in [-0.4, -0.2) is 24.8 Å². The van der Waals surface area contributed by atoms with Gasteiger partial charge in [0.1, 0.15) is 0 Å². The lowest BCUT2D eigenvalue weighted by atomic mass is 10.6. The van der Waals surface area contributed by atoms with Crippen molar-refractivity contribution in [2.75, 3.05) is 24.8 Å². The molecule has 0 N–H and O–H groups in total. The molecule has 0 aliphatic heterocycles. The van der Waals surface area contributed by atoms with E-state index in [0.29, 0.717) is 0 Å². The van der Waals surface area contributed by atoms with Gasteiger partial charge in [-0.2, -0.15) is 0 Å². The van der Waals surface area contributed by atoms with E-state index in [-0.39, 0.29) is 0 Å². The number of alkyl halides is 1. The Kier molecular flexibility index (Phi) is 4.01. The Labute approximate surface area is 59.4 Å². The molecule has 8 heavy (non-hydrogen) atoms. The van der Waals surface area contributed by atoms with Crippen LogP contribution in [0.4, 0.5) is 0 Å². The summed E-state index contributed by atoms with van der Waals surface area (Å²) in [6.45, 7) is 3.66. The highest BCUT2D eigenvalue weighted by atomic mass is 79.9. The number of halogens is 1. The van der Waals surface area contributed by atoms with E-state index in [1.807, 2.05) is 13.3 Å². The average molecular weight is 199 g/mol. The Morgan fingerprint density at radius 3 is 2.12 bits per heavy atom. The van der Waals surface area contributed by atoms with Crippen molar-refractivity contribution in [1.29, 1.82) is 0 Å². The Morgan fingerprint density at radius 2 is 2.00 bits per heavy atom. The third-order valence-corrected chi connectivity index (χ3v) is 2.78. The summed E-state index contributed by atoms with van der Waals surface area (Å²) in [7, 11) is -1.71. The second-order valence-electron chi connectivity index (χ2n) is 2.34. The molecule has 0 unspecified atom stereocenters. The van der Waals surface area contributed by atoms with Crippen LogP contribution in [0.1, 0.15) is 6.42 Å². The van der Waals surface area contributed by atoms with Crippen LogP contribution in [0.3, 0.4) is 0 Å². The van der Waals surface area contributed by atoms with Crippen molar-refractivity contribution in [1.82, 2.24) is 0 Å². The summed E-state index contributed by atoms with van der Waals surface area (Å²) in [5, 5.41) is 0.971. The molecule has 0 atom stereocenters. The van der Waals surface area contributed by atoms with Gasteiger partial charge in [0.05, 0.1) is 7.14 Å². The fourth-order valence-corrected chi connectivity index (χ4v) is 2.07. The van der Waals surface area contributed by atoms with Crippen molar-refractivity contribution in [3.05, 3.63) is 0 Å². The van der Waals surface area contributed by atoms with E-state index in [1.54, 1.807) is 0 Å². The maximum Gasteiger partial charge on any atom is 0.0819 e. The molecule has 3 heteroatoms.